The van der Waals surface area contributed by atoms with Crippen molar-refractivity contribution in [1.82, 2.24) is 29.2 Å². The zero-order chi connectivity index (χ0) is 25.4. The molecule has 0 unspecified atom stereocenters. The average Bonchev–Trinajstić information content (AvgIpc) is 3.27. The second kappa shape index (κ2) is 9.63. The number of nitrogens with one attached hydrogen (secondary N) is 1. The van der Waals surface area contributed by atoms with Gasteiger partial charge in [0.1, 0.15) is 11.4 Å². The van der Waals surface area contributed by atoms with Gasteiger partial charge in [-0.25, -0.2) is 14.3 Å². The number of hydrogen-bond donors (Lipinski definition) is 1. The second-order valence-corrected chi connectivity index (χ2v) is 9.60. The Morgan fingerprint density at radius 3 is 2.27 bits per heavy atom. The Kier molecular flexibility index (Phi) is 6.02. The van der Waals surface area contributed by atoms with Crippen molar-refractivity contribution in [3.63, 3.8) is 0 Å². The highest BCUT2D eigenvalue weighted by molar-refractivity contribution is 5.77. The van der Waals surface area contributed by atoms with Crippen molar-refractivity contribution in [2.45, 2.75) is 25.4 Å². The Balaban J connectivity index is 1.17. The zero-order valence-corrected chi connectivity index (χ0v) is 20.7. The van der Waals surface area contributed by atoms with Crippen LogP contribution in [-0.4, -0.2) is 42.3 Å². The molecule has 1 N–H and O–H groups in total. The molecule has 0 bridgehead atoms. The van der Waals surface area contributed by atoms with Gasteiger partial charge in [0.2, 0.25) is 0 Å². The van der Waals surface area contributed by atoms with Crippen LogP contribution in [0.3, 0.4) is 0 Å². The molecule has 1 saturated heterocycles. The lowest BCUT2D eigenvalue weighted by atomic mass is 10.0. The molecule has 186 valence electrons. The van der Waals surface area contributed by atoms with E-state index in [2.05, 4.69) is 44.2 Å². The Labute approximate surface area is 213 Å². The number of likely N-dealkylation sites (tertiary alicyclic amines) is 1. The zero-order valence-electron chi connectivity index (χ0n) is 20.7. The summed E-state index contributed by atoms with van der Waals surface area (Å²) in [6, 6.07) is 26.1. The van der Waals surface area contributed by atoms with Gasteiger partial charge in [0.15, 0.2) is 0 Å². The van der Waals surface area contributed by atoms with E-state index >= 15 is 0 Å². The normalized spacial score (nSPS) is 14.8. The van der Waals surface area contributed by atoms with Gasteiger partial charge < -0.3 is 4.98 Å². The molecule has 8 heteroatoms. The predicted octanol–water partition coefficient (Wildman–Crippen LogP) is 3.99. The molecule has 0 saturated carbocycles. The Morgan fingerprint density at radius 1 is 0.838 bits per heavy atom. The van der Waals surface area contributed by atoms with Crippen LogP contribution < -0.4 is 11.4 Å². The van der Waals surface area contributed by atoms with Gasteiger partial charge in [-0.3, -0.25) is 9.47 Å². The largest absolute Gasteiger partial charge is 0.364 e. The number of benzene rings is 3. The minimum atomic E-state index is -0.377. The average molecular weight is 493 g/mol. The monoisotopic (exact) mass is 492 g/mol. The highest BCUT2D eigenvalue weighted by Crippen LogP contribution is 2.29. The number of nitrogens with zero attached hydrogens (tertiary/aromatic N) is 5. The smallest absolute Gasteiger partial charge is 0.306 e. The van der Waals surface area contributed by atoms with Crippen molar-refractivity contribution < 1.29 is 0 Å². The molecule has 1 aliphatic heterocycles. The lowest BCUT2D eigenvalue weighted by Crippen LogP contribution is -2.36. The summed E-state index contributed by atoms with van der Waals surface area (Å²) in [5.41, 5.74) is 5.75. The molecular weight excluding hydrogens is 464 g/mol. The van der Waals surface area contributed by atoms with Gasteiger partial charge in [-0.2, -0.15) is 10.1 Å². The van der Waals surface area contributed by atoms with Gasteiger partial charge in [0.05, 0.1) is 11.0 Å². The Hall–Kier alpha value is -4.30. The van der Waals surface area contributed by atoms with E-state index < -0.39 is 0 Å². The third-order valence-corrected chi connectivity index (χ3v) is 7.19. The number of aromatic nitrogens is 5. The van der Waals surface area contributed by atoms with E-state index in [0.29, 0.717) is 11.4 Å². The second-order valence-electron chi connectivity index (χ2n) is 9.60. The first-order valence-corrected chi connectivity index (χ1v) is 12.6. The highest BCUT2D eigenvalue weighted by Gasteiger charge is 2.23. The van der Waals surface area contributed by atoms with Gasteiger partial charge >= 0.3 is 11.4 Å². The fourth-order valence-electron chi connectivity index (χ4n) is 5.25. The molecular formula is C29H28N6O2. The van der Waals surface area contributed by atoms with Gasteiger partial charge in [0, 0.05) is 43.9 Å². The minimum absolute atomic E-state index is 0.0216. The van der Waals surface area contributed by atoms with Crippen LogP contribution in [-0.2, 0) is 13.6 Å². The summed E-state index contributed by atoms with van der Waals surface area (Å²) in [6.45, 7) is 2.71. The standard InChI is InChI=1S/C29H28N6O2/c1-33-28(36)31-26(21-7-3-2-4-8-21)27(32-33)22-13-11-20(12-14-22)19-34-17-15-23(16-18-34)35-25-10-6-5-9-24(25)30-29(35)37/h2-14,23H,15-19H2,1H3,(H,30,37). The molecule has 0 spiro atoms. The molecule has 5 aromatic rings. The van der Waals surface area contributed by atoms with Crippen LogP contribution in [0.2, 0.25) is 0 Å². The molecule has 1 aliphatic rings. The summed E-state index contributed by atoms with van der Waals surface area (Å²) in [7, 11) is 1.62. The maximum absolute atomic E-state index is 12.6. The summed E-state index contributed by atoms with van der Waals surface area (Å²) in [5, 5.41) is 4.53. The van der Waals surface area contributed by atoms with Gasteiger partial charge in [-0.15, -0.1) is 0 Å². The molecule has 0 amide bonds. The third kappa shape index (κ3) is 4.51. The van der Waals surface area contributed by atoms with E-state index in [4.69, 9.17) is 0 Å². The summed E-state index contributed by atoms with van der Waals surface area (Å²) >= 11 is 0. The number of hydrogen-bond acceptors (Lipinski definition) is 5. The van der Waals surface area contributed by atoms with Crippen LogP contribution in [0, 0.1) is 0 Å². The summed E-state index contributed by atoms with van der Waals surface area (Å²) in [6.07, 6.45) is 1.88. The van der Waals surface area contributed by atoms with E-state index in [1.54, 1.807) is 7.05 Å². The molecule has 37 heavy (non-hydrogen) atoms. The van der Waals surface area contributed by atoms with E-state index in [0.717, 1.165) is 54.6 Å². The number of fused-ring (bicyclic) bond motifs is 1. The number of aromatic amines is 1. The highest BCUT2D eigenvalue weighted by atomic mass is 16.2. The van der Waals surface area contributed by atoms with Gasteiger partial charge in [0.25, 0.3) is 0 Å². The third-order valence-electron chi connectivity index (χ3n) is 7.19. The number of imidazole rings is 1. The fraction of sp³-hybridized carbons (Fsp3) is 0.241. The van der Waals surface area contributed by atoms with Crippen molar-refractivity contribution in [3.05, 3.63) is 105 Å². The van der Waals surface area contributed by atoms with Crippen molar-refractivity contribution in [1.29, 1.82) is 0 Å². The number of aryl methyl sites for hydroxylation is 1. The van der Waals surface area contributed by atoms with Crippen molar-refractivity contribution in [2.75, 3.05) is 13.1 Å². The molecule has 1 fully saturated rings. The van der Waals surface area contributed by atoms with Gasteiger partial charge in [-0.1, -0.05) is 66.7 Å². The fourth-order valence-corrected chi connectivity index (χ4v) is 5.25. The first kappa shape index (κ1) is 23.1. The molecule has 0 aliphatic carbocycles. The van der Waals surface area contributed by atoms with Crippen LogP contribution in [0.5, 0.6) is 0 Å². The number of piperidine rings is 1. The van der Waals surface area contributed by atoms with Crippen LogP contribution in [0.25, 0.3) is 33.5 Å². The van der Waals surface area contributed by atoms with Crippen LogP contribution >= 0.6 is 0 Å². The SMILES string of the molecule is Cn1nc(-c2ccc(CN3CCC(n4c(=O)[nH]c5ccccc54)CC3)cc2)c(-c2ccccc2)nc1=O. The van der Waals surface area contributed by atoms with Crippen LogP contribution in [0.15, 0.2) is 88.5 Å². The number of rotatable bonds is 5. The lowest BCUT2D eigenvalue weighted by Gasteiger charge is -2.32. The molecule has 8 nitrogen and oxygen atoms in total. The van der Waals surface area contributed by atoms with E-state index in [-0.39, 0.29) is 17.4 Å². The molecule has 0 radical (unpaired) electrons. The minimum Gasteiger partial charge on any atom is -0.306 e. The first-order chi connectivity index (χ1) is 18.1. The molecule has 6 rings (SSSR count). The predicted molar refractivity (Wildman–Crippen MR) is 144 cm³/mol. The van der Waals surface area contributed by atoms with Gasteiger partial charge in [-0.05, 0) is 30.5 Å². The maximum Gasteiger partial charge on any atom is 0.364 e. The molecule has 3 heterocycles. The molecule has 3 aromatic carbocycles. The van der Waals surface area contributed by atoms with E-state index in [9.17, 15) is 9.59 Å². The first-order valence-electron chi connectivity index (χ1n) is 12.6. The topological polar surface area (TPSA) is 88.8 Å². The van der Waals surface area contributed by atoms with Crippen LogP contribution in [0.4, 0.5) is 0 Å². The van der Waals surface area contributed by atoms with E-state index in [1.165, 1.54) is 10.2 Å². The Bertz CT molecular complexity index is 1660. The van der Waals surface area contributed by atoms with Crippen LogP contribution in [0.1, 0.15) is 24.4 Å². The number of para-hydroxylation sites is 2. The quantitative estimate of drug-likeness (QED) is 0.401. The summed E-state index contributed by atoms with van der Waals surface area (Å²) in [5.74, 6) is 0. The van der Waals surface area contributed by atoms with Crippen molar-refractivity contribution >= 4 is 11.0 Å². The summed E-state index contributed by atoms with van der Waals surface area (Å²) in [4.78, 5) is 34.5. The molecule has 0 atom stereocenters. The molecule has 2 aromatic heterocycles. The summed E-state index contributed by atoms with van der Waals surface area (Å²) < 4.78 is 3.21. The van der Waals surface area contributed by atoms with E-state index in [1.807, 2.05) is 59.2 Å². The van der Waals surface area contributed by atoms with Crippen molar-refractivity contribution in [3.8, 4) is 22.5 Å². The Morgan fingerprint density at radius 2 is 1.51 bits per heavy atom. The maximum atomic E-state index is 12.6. The lowest BCUT2D eigenvalue weighted by molar-refractivity contribution is 0.180. The number of H-pyrrole nitrogens is 1. The van der Waals surface area contributed by atoms with Crippen molar-refractivity contribution in [2.24, 2.45) is 7.05 Å².